The molecule has 0 fully saturated rings. The molecule has 8 nitrogen and oxygen atoms in total. The van der Waals surface area contributed by atoms with E-state index in [9.17, 15) is 18.0 Å². The summed E-state index contributed by atoms with van der Waals surface area (Å²) in [6.45, 7) is 10.0. The maximum Gasteiger partial charge on any atom is 0.425 e. The number of benzene rings is 1. The number of pyridine rings is 1. The molecule has 0 N–H and O–H groups in total. The van der Waals surface area contributed by atoms with Gasteiger partial charge in [-0.05, 0) is 65.8 Å². The molecule has 0 aliphatic carbocycles. The average Bonchev–Trinajstić information content (AvgIpc) is 2.59. The molecule has 0 spiro atoms. The summed E-state index contributed by atoms with van der Waals surface area (Å²) < 4.78 is 34.2. The molecule has 1 aromatic carbocycles. The van der Waals surface area contributed by atoms with E-state index in [1.54, 1.807) is 53.7 Å². The van der Waals surface area contributed by atoms with Gasteiger partial charge in [0.05, 0.1) is 15.6 Å². The van der Waals surface area contributed by atoms with Crippen molar-refractivity contribution < 1.29 is 27.5 Å². The third kappa shape index (κ3) is 6.93. The zero-order valence-electron chi connectivity index (χ0n) is 19.1. The number of sulfone groups is 1. The highest BCUT2D eigenvalue weighted by atomic mass is 35.5. The van der Waals surface area contributed by atoms with E-state index in [4.69, 9.17) is 21.1 Å². The summed E-state index contributed by atoms with van der Waals surface area (Å²) in [6, 6.07) is 8.80. The smallest absolute Gasteiger partial charge is 0.425 e. The van der Waals surface area contributed by atoms with Gasteiger partial charge in [0.25, 0.3) is 0 Å². The molecule has 174 valence electrons. The third-order valence-corrected chi connectivity index (χ3v) is 5.20. The first-order valence-corrected chi connectivity index (χ1v) is 12.0. The minimum atomic E-state index is -3.37. The van der Waals surface area contributed by atoms with Gasteiger partial charge >= 0.3 is 12.2 Å². The lowest BCUT2D eigenvalue weighted by Gasteiger charge is -2.28. The molecule has 0 saturated heterocycles. The van der Waals surface area contributed by atoms with Gasteiger partial charge in [-0.3, -0.25) is 0 Å². The molecular formula is C22H27ClN2O6S. The van der Waals surface area contributed by atoms with Crippen LogP contribution in [0.1, 0.15) is 41.5 Å². The number of ether oxygens (including phenoxy) is 2. The van der Waals surface area contributed by atoms with Gasteiger partial charge in [0.2, 0.25) is 0 Å². The fourth-order valence-corrected chi connectivity index (χ4v) is 3.34. The van der Waals surface area contributed by atoms with Gasteiger partial charge in [-0.25, -0.2) is 23.0 Å². The van der Waals surface area contributed by atoms with Crippen LogP contribution in [-0.4, -0.2) is 43.0 Å². The van der Waals surface area contributed by atoms with E-state index in [0.717, 1.165) is 6.26 Å². The predicted molar refractivity (Wildman–Crippen MR) is 123 cm³/mol. The van der Waals surface area contributed by atoms with Crippen molar-refractivity contribution in [3.05, 3.63) is 41.4 Å². The number of anilines is 1. The second kappa shape index (κ2) is 9.07. The van der Waals surface area contributed by atoms with Crippen LogP contribution in [0.3, 0.4) is 0 Å². The number of carbonyl (C=O) groups is 2. The van der Waals surface area contributed by atoms with Gasteiger partial charge in [-0.15, -0.1) is 0 Å². The first kappa shape index (κ1) is 25.6. The number of halogens is 1. The van der Waals surface area contributed by atoms with Crippen molar-refractivity contribution in [3.63, 3.8) is 0 Å². The number of rotatable bonds is 3. The summed E-state index contributed by atoms with van der Waals surface area (Å²) >= 11 is 6.31. The Labute approximate surface area is 193 Å². The molecule has 1 heterocycles. The summed E-state index contributed by atoms with van der Waals surface area (Å²) in [5, 5.41) is 0.245. The topological polar surface area (TPSA) is 103 Å². The fourth-order valence-electron chi connectivity index (χ4n) is 2.50. The monoisotopic (exact) mass is 482 g/mol. The lowest BCUT2D eigenvalue weighted by molar-refractivity contribution is 0.0429. The van der Waals surface area contributed by atoms with Crippen LogP contribution in [0.5, 0.6) is 0 Å². The zero-order chi connectivity index (χ0) is 24.5. The quantitative estimate of drug-likeness (QED) is 0.570. The van der Waals surface area contributed by atoms with Crippen LogP contribution in [-0.2, 0) is 19.3 Å². The predicted octanol–water partition coefficient (Wildman–Crippen LogP) is 5.48. The van der Waals surface area contributed by atoms with E-state index in [2.05, 4.69) is 4.98 Å². The van der Waals surface area contributed by atoms with Crippen molar-refractivity contribution >= 4 is 39.4 Å². The first-order valence-electron chi connectivity index (χ1n) is 9.71. The van der Waals surface area contributed by atoms with Crippen molar-refractivity contribution in [3.8, 4) is 11.3 Å². The van der Waals surface area contributed by atoms with Crippen LogP contribution in [0.15, 0.2) is 41.3 Å². The SMILES string of the molecule is CC(C)(C)OC(=O)N(C(=O)OC(C)(C)C)c1ccc(Cl)c(-c2ccc(S(C)(=O)=O)cc2)n1. The van der Waals surface area contributed by atoms with Crippen LogP contribution in [0.25, 0.3) is 11.3 Å². The summed E-state index contributed by atoms with van der Waals surface area (Å²) in [4.78, 5) is 30.9. The molecule has 2 rings (SSSR count). The van der Waals surface area contributed by atoms with Crippen molar-refractivity contribution in [2.75, 3.05) is 11.2 Å². The van der Waals surface area contributed by atoms with Gasteiger partial charge in [-0.2, -0.15) is 4.90 Å². The van der Waals surface area contributed by atoms with E-state index in [-0.39, 0.29) is 21.4 Å². The Hall–Kier alpha value is -2.65. The Morgan fingerprint density at radius 2 is 1.34 bits per heavy atom. The van der Waals surface area contributed by atoms with E-state index < -0.39 is 33.2 Å². The highest BCUT2D eigenvalue weighted by molar-refractivity contribution is 7.90. The molecule has 0 bridgehead atoms. The molecular weight excluding hydrogens is 456 g/mol. The highest BCUT2D eigenvalue weighted by Gasteiger charge is 2.34. The molecule has 0 saturated carbocycles. The number of hydrogen-bond donors (Lipinski definition) is 0. The Bertz CT molecular complexity index is 1090. The summed E-state index contributed by atoms with van der Waals surface area (Å²) in [7, 11) is -3.37. The molecule has 0 unspecified atom stereocenters. The lowest BCUT2D eigenvalue weighted by Crippen LogP contribution is -2.44. The van der Waals surface area contributed by atoms with E-state index >= 15 is 0 Å². The van der Waals surface area contributed by atoms with Crippen molar-refractivity contribution in [2.24, 2.45) is 0 Å². The summed E-state index contributed by atoms with van der Waals surface area (Å²) in [5.74, 6) is -0.0555. The van der Waals surface area contributed by atoms with E-state index in [1.807, 2.05) is 0 Å². The molecule has 0 aliphatic heterocycles. The number of nitrogens with zero attached hydrogens (tertiary/aromatic N) is 2. The molecule has 2 aromatic rings. The minimum absolute atomic E-state index is 0.0555. The average molecular weight is 483 g/mol. The van der Waals surface area contributed by atoms with Crippen LogP contribution < -0.4 is 4.90 Å². The van der Waals surface area contributed by atoms with E-state index in [0.29, 0.717) is 10.5 Å². The maximum absolute atomic E-state index is 12.8. The molecule has 0 aliphatic rings. The Kier molecular flexibility index (Phi) is 7.26. The highest BCUT2D eigenvalue weighted by Crippen LogP contribution is 2.30. The Morgan fingerprint density at radius 1 is 0.875 bits per heavy atom. The molecule has 10 heteroatoms. The fraction of sp³-hybridized carbons (Fsp3) is 0.409. The molecule has 32 heavy (non-hydrogen) atoms. The number of carbonyl (C=O) groups excluding carboxylic acids is 2. The summed E-state index contributed by atoms with van der Waals surface area (Å²) in [6.07, 6.45) is -0.812. The van der Waals surface area contributed by atoms with Gasteiger partial charge < -0.3 is 9.47 Å². The van der Waals surface area contributed by atoms with Crippen molar-refractivity contribution in [1.29, 1.82) is 0 Å². The van der Waals surface area contributed by atoms with E-state index in [1.165, 1.54) is 24.3 Å². The third-order valence-electron chi connectivity index (χ3n) is 3.77. The van der Waals surface area contributed by atoms with Crippen molar-refractivity contribution in [1.82, 2.24) is 4.98 Å². The van der Waals surface area contributed by atoms with Gasteiger partial charge in [0, 0.05) is 11.8 Å². The standard InChI is InChI=1S/C22H27ClN2O6S/c1-21(2,3)30-19(26)25(20(27)31-22(4,5)6)17-13-12-16(23)18(24-17)14-8-10-15(11-9-14)32(7,28)29/h8-13H,1-7H3. The number of aromatic nitrogens is 1. The number of hydrogen-bond acceptors (Lipinski definition) is 7. The van der Waals surface area contributed by atoms with Crippen molar-refractivity contribution in [2.45, 2.75) is 57.6 Å². The number of amides is 2. The maximum atomic E-state index is 12.8. The van der Waals surface area contributed by atoms with Crippen LogP contribution in [0.4, 0.5) is 15.4 Å². The Balaban J connectivity index is 2.55. The molecule has 1 aromatic heterocycles. The summed E-state index contributed by atoms with van der Waals surface area (Å²) in [5.41, 5.74) is -0.985. The minimum Gasteiger partial charge on any atom is -0.443 e. The molecule has 0 radical (unpaired) electrons. The zero-order valence-corrected chi connectivity index (χ0v) is 20.7. The Morgan fingerprint density at radius 3 is 1.75 bits per heavy atom. The molecule has 0 atom stereocenters. The second-order valence-electron chi connectivity index (χ2n) is 9.09. The lowest BCUT2D eigenvalue weighted by atomic mass is 10.1. The largest absolute Gasteiger partial charge is 0.443 e. The number of imide groups is 1. The van der Waals surface area contributed by atoms with Crippen LogP contribution in [0, 0.1) is 0 Å². The second-order valence-corrected chi connectivity index (χ2v) is 11.5. The first-order chi connectivity index (χ1) is 14.5. The normalized spacial score (nSPS) is 12.2. The van der Waals surface area contributed by atoms with Gasteiger partial charge in [0.15, 0.2) is 9.84 Å². The van der Waals surface area contributed by atoms with Crippen LogP contribution >= 0.6 is 11.6 Å². The van der Waals surface area contributed by atoms with Crippen LogP contribution in [0.2, 0.25) is 5.02 Å². The van der Waals surface area contributed by atoms with Gasteiger partial charge in [0.1, 0.15) is 17.0 Å². The molecule has 2 amide bonds. The van der Waals surface area contributed by atoms with Gasteiger partial charge in [-0.1, -0.05) is 23.7 Å².